The van der Waals surface area contributed by atoms with Gasteiger partial charge in [-0.25, -0.2) is 57.7 Å². The molecule has 0 fully saturated rings. The Hall–Kier alpha value is -6.65. The molecule has 42 nitrogen and oxygen atoms in total. The highest BCUT2D eigenvalue weighted by Crippen LogP contribution is 2.16. The van der Waals surface area contributed by atoms with Gasteiger partial charge >= 0.3 is 30.6 Å². The zero-order chi connectivity index (χ0) is 50.3. The number of rotatable bonds is 0. The molecule has 0 unspecified atom stereocenters. The number of hydrogen-bond acceptors (Lipinski definition) is 28. The Kier molecular flexibility index (Phi) is 13.2. The van der Waals surface area contributed by atoms with Crippen molar-refractivity contribution in [2.24, 2.45) is 0 Å². The highest BCUT2D eigenvalue weighted by atomic mass is 32.2. The maximum absolute atomic E-state index is 10.9. The molecule has 0 atom stereocenters. The molecule has 49 heteroatoms. The molecule has 14 rings (SSSR count). The zero-order valence-electron chi connectivity index (χ0n) is 33.9. The first-order valence-corrected chi connectivity index (χ1v) is 28.4. The van der Waals surface area contributed by atoms with Crippen molar-refractivity contribution in [3.8, 4) is 0 Å². The minimum absolute atomic E-state index is 0.00694. The number of nitrogens with zero attached hydrogens (tertiary/aromatic N) is 20. The summed E-state index contributed by atoms with van der Waals surface area (Å²) in [6.45, 7) is 1.63. The monoisotopic (exact) mass is 1120 g/mol. The van der Waals surface area contributed by atoms with E-state index in [4.69, 9.17) is 0 Å². The Labute approximate surface area is 390 Å². The fourth-order valence-electron chi connectivity index (χ4n) is 5.52. The van der Waals surface area contributed by atoms with E-state index in [1.807, 2.05) is 0 Å². The van der Waals surface area contributed by atoms with Crippen LogP contribution in [0.15, 0.2) is 58.1 Å². The standard InChI is InChI=1S/7C3H4N4O2S/c8-10(9)3-6-4-1-7(3)2-5-10;8-10(9)3-4-1-5-7(3)2-6-10;8-10(9)5-1-3-6-4-2-7(3)10;8-10(9)6-1-3-4-2-5-7(3)10;8-10(9)3-1-4-6-7(3)2-5-10;8-10(9)5-2-3-1-4-6-7(3)10;8-10(9)3-2(1-4-10)5-7-6-3/h1,5H,2H2;1,6H,2H2;2,5H,1H2;2,6H,1H2;2*1,5H,2H2;4H,1H2,(H,5,6,7). The molecule has 0 aliphatic carbocycles. The fourth-order valence-corrected chi connectivity index (χ4v) is 12.6. The molecule has 7 aliphatic rings. The molecule has 378 valence electrons. The molecule has 0 saturated carbocycles. The topological polar surface area (TPSA) is 549 Å². The van der Waals surface area contributed by atoms with Crippen LogP contribution < -0.4 is 33.1 Å². The van der Waals surface area contributed by atoms with Gasteiger partial charge in [-0.1, -0.05) is 10.4 Å². The Morgan fingerprint density at radius 2 is 1.13 bits per heavy atom. The molecule has 0 bridgehead atoms. The van der Waals surface area contributed by atoms with E-state index in [0.717, 1.165) is 12.1 Å². The highest BCUT2D eigenvalue weighted by molar-refractivity contribution is 7.90. The Bertz CT molecular complexity index is 3180. The lowest BCUT2D eigenvalue weighted by Gasteiger charge is -1.91. The number of hydrogen-bond donors (Lipinski definition) is 8. The molecule has 0 saturated heterocycles. The van der Waals surface area contributed by atoms with Crippen LogP contribution in [0.25, 0.3) is 0 Å². The van der Waals surface area contributed by atoms with Crippen LogP contribution in [0.4, 0.5) is 0 Å². The van der Waals surface area contributed by atoms with Crippen LogP contribution in [0.5, 0.6) is 0 Å². The van der Waals surface area contributed by atoms with Crippen molar-refractivity contribution < 1.29 is 58.9 Å². The summed E-state index contributed by atoms with van der Waals surface area (Å²) in [5.41, 5.74) is 1.03. The second-order valence-electron chi connectivity index (χ2n) is 13.1. The molecule has 70 heavy (non-hydrogen) atoms. The largest absolute Gasteiger partial charge is 0.322 e. The lowest BCUT2D eigenvalue weighted by molar-refractivity contribution is 0.565. The third-order valence-corrected chi connectivity index (χ3v) is 18.0. The minimum atomic E-state index is -3.37. The van der Waals surface area contributed by atoms with Crippen LogP contribution in [-0.2, 0) is 117 Å². The van der Waals surface area contributed by atoms with Crippen molar-refractivity contribution >= 4 is 70.7 Å². The van der Waals surface area contributed by atoms with E-state index in [0.29, 0.717) is 23.0 Å². The molecular formula is C21H28N28O14S7. The van der Waals surface area contributed by atoms with Crippen molar-refractivity contribution in [1.29, 1.82) is 0 Å². The van der Waals surface area contributed by atoms with E-state index in [1.54, 1.807) is 0 Å². The van der Waals surface area contributed by atoms with Gasteiger partial charge in [0, 0.05) is 0 Å². The van der Waals surface area contributed by atoms with Crippen LogP contribution in [0.2, 0.25) is 0 Å². The summed E-state index contributed by atoms with van der Waals surface area (Å²) in [5.74, 6) is 0.861. The third kappa shape index (κ3) is 10.3. The summed E-state index contributed by atoms with van der Waals surface area (Å²) < 4.78 is 175. The first-order valence-electron chi connectivity index (χ1n) is 18.1. The molecule has 14 heterocycles. The van der Waals surface area contributed by atoms with Gasteiger partial charge in [-0.15, -0.1) is 49.0 Å². The number of H-pyrrole nitrogens is 1. The number of nitrogens with one attached hydrogen (secondary N) is 8. The van der Waals surface area contributed by atoms with Crippen molar-refractivity contribution in [3.63, 3.8) is 0 Å². The second kappa shape index (κ2) is 18.6. The molecule has 7 aromatic rings. The maximum Gasteiger partial charge on any atom is 0.322 e. The van der Waals surface area contributed by atoms with E-state index < -0.39 is 70.7 Å². The smallest absolute Gasteiger partial charge is 0.289 e. The number of fused-ring (bicyclic) bond motifs is 7. The molecule has 7 aliphatic heterocycles. The van der Waals surface area contributed by atoms with Crippen LogP contribution in [0, 0.1) is 0 Å². The summed E-state index contributed by atoms with van der Waals surface area (Å²) in [6.07, 6.45) is 7.60. The molecule has 8 N–H and O–H groups in total. The van der Waals surface area contributed by atoms with E-state index in [-0.39, 0.29) is 66.5 Å². The van der Waals surface area contributed by atoms with Crippen molar-refractivity contribution in [3.05, 3.63) is 60.7 Å². The first kappa shape index (κ1) is 49.8. The quantitative estimate of drug-likeness (QED) is 0.0699. The average Bonchev–Trinajstić information content (AvgIpc) is 4.14. The average molecular weight is 1120 g/mol. The van der Waals surface area contributed by atoms with Gasteiger partial charge < -0.3 is 0 Å². The summed E-state index contributed by atoms with van der Waals surface area (Å²) in [5, 5.41) is 44.2. The SMILES string of the molecule is O=S1(=O)NCc2cnnn21.O=S1(=O)NCc2n[nH]nc21.O=S1(=O)NCc2ncnn21.O=S1(=O)NCc2nncn21.O=S1(=O)NCn2cnnc21.O=S1(=O)NCn2ncnc21.O=S1(=O)NCn2nncc21. The Balaban J connectivity index is 0.000000110. The lowest BCUT2D eigenvalue weighted by Crippen LogP contribution is -2.21. The van der Waals surface area contributed by atoms with Gasteiger partial charge in [0.15, 0.2) is 16.7 Å². The Morgan fingerprint density at radius 1 is 0.486 bits per heavy atom. The summed E-state index contributed by atoms with van der Waals surface area (Å²) >= 11 is 0. The van der Waals surface area contributed by atoms with E-state index in [1.165, 1.54) is 51.6 Å². The van der Waals surface area contributed by atoms with E-state index >= 15 is 0 Å². The molecule has 0 spiro atoms. The molecule has 0 aromatic carbocycles. The van der Waals surface area contributed by atoms with Crippen LogP contribution in [0.3, 0.4) is 0 Å². The van der Waals surface area contributed by atoms with Gasteiger partial charge in [0.25, 0.3) is 50.4 Å². The van der Waals surface area contributed by atoms with Crippen molar-refractivity contribution in [2.45, 2.75) is 66.5 Å². The third-order valence-electron chi connectivity index (χ3n) is 8.73. The number of aromatic amines is 1. The molecule has 0 amide bonds. The molecule has 0 radical (unpaired) electrons. The Morgan fingerprint density at radius 3 is 1.83 bits per heavy atom. The lowest BCUT2D eigenvalue weighted by atomic mass is 10.5. The zero-order valence-corrected chi connectivity index (χ0v) is 39.6. The summed E-state index contributed by atoms with van der Waals surface area (Å²) in [6, 6.07) is 0. The van der Waals surface area contributed by atoms with Gasteiger partial charge in [-0.3, -0.25) is 4.57 Å². The predicted octanol–water partition coefficient (Wildman–Crippen LogP) is -10.4. The first-order chi connectivity index (χ1) is 32.9. The molecular weight excluding hydrogens is 1090 g/mol. The van der Waals surface area contributed by atoms with Crippen molar-refractivity contribution in [2.75, 3.05) is 0 Å². The second-order valence-corrected chi connectivity index (χ2v) is 24.6. The van der Waals surface area contributed by atoms with Crippen LogP contribution in [-0.4, -0.2) is 162 Å². The fraction of sp³-hybridized carbons (Fsp3) is 0.333. The number of aromatic nitrogens is 21. The van der Waals surface area contributed by atoms with Gasteiger partial charge in [0.1, 0.15) is 44.3 Å². The maximum atomic E-state index is 10.9. The van der Waals surface area contributed by atoms with Crippen molar-refractivity contribution in [1.82, 2.24) is 136 Å². The van der Waals surface area contributed by atoms with Gasteiger partial charge in [-0.2, -0.15) is 73.0 Å². The highest BCUT2D eigenvalue weighted by Gasteiger charge is 2.31. The predicted molar refractivity (Wildman–Crippen MR) is 215 cm³/mol. The summed E-state index contributed by atoms with van der Waals surface area (Å²) in [7, 11) is -23.3. The molecule has 7 aromatic heterocycles. The van der Waals surface area contributed by atoms with Gasteiger partial charge in [-0.05, 0) is 0 Å². The van der Waals surface area contributed by atoms with Gasteiger partial charge in [0.05, 0.1) is 50.9 Å². The minimum Gasteiger partial charge on any atom is -0.289 e. The normalized spacial score (nSPS) is 20.8. The van der Waals surface area contributed by atoms with E-state index in [2.05, 4.69) is 110 Å². The van der Waals surface area contributed by atoms with Crippen LogP contribution >= 0.6 is 0 Å². The van der Waals surface area contributed by atoms with Crippen LogP contribution in [0.1, 0.15) is 23.0 Å². The number of sulfonamides is 4. The van der Waals surface area contributed by atoms with E-state index in [9.17, 15) is 58.9 Å². The van der Waals surface area contributed by atoms with Gasteiger partial charge in [0.2, 0.25) is 5.03 Å². The summed E-state index contributed by atoms with van der Waals surface area (Å²) in [4.78, 5) is 7.25.